The zero-order valence-electron chi connectivity index (χ0n) is 10.3. The summed E-state index contributed by atoms with van der Waals surface area (Å²) in [6, 6.07) is 0. The van der Waals surface area contributed by atoms with Gasteiger partial charge in [-0.25, -0.2) is 9.97 Å². The zero-order chi connectivity index (χ0) is 13.0. The number of hydrogen-bond donors (Lipinski definition) is 2. The van der Waals surface area contributed by atoms with Crippen molar-refractivity contribution in [2.75, 3.05) is 24.6 Å². The molecule has 0 amide bonds. The first-order chi connectivity index (χ1) is 8.70. The van der Waals surface area contributed by atoms with E-state index >= 15 is 0 Å². The lowest BCUT2D eigenvalue weighted by Gasteiger charge is -2.22. The van der Waals surface area contributed by atoms with Crippen LogP contribution < -0.4 is 10.6 Å². The molecule has 1 aromatic heterocycles. The standard InChI is InChI=1S/C11H17N5O2/c1-8-7-16(3-2-4-18-8)10-6-13-9(5-14-10)11(12)15-17/h5-6,8,17H,2-4,7H2,1H3,(H2,12,15). The maximum atomic E-state index is 8.55. The number of oxime groups is 1. The van der Waals surface area contributed by atoms with Gasteiger partial charge in [0.25, 0.3) is 0 Å². The molecule has 2 heterocycles. The van der Waals surface area contributed by atoms with Crippen LogP contribution in [0.25, 0.3) is 0 Å². The molecule has 0 radical (unpaired) electrons. The number of nitrogens with two attached hydrogens (primary N) is 1. The Balaban J connectivity index is 2.13. The van der Waals surface area contributed by atoms with E-state index in [0.29, 0.717) is 5.69 Å². The molecule has 0 aromatic carbocycles. The highest BCUT2D eigenvalue weighted by Crippen LogP contribution is 2.14. The highest BCUT2D eigenvalue weighted by molar-refractivity contribution is 5.94. The van der Waals surface area contributed by atoms with Crippen molar-refractivity contribution in [1.29, 1.82) is 0 Å². The molecule has 0 saturated carbocycles. The topological polar surface area (TPSA) is 96.9 Å². The van der Waals surface area contributed by atoms with E-state index in [9.17, 15) is 0 Å². The Morgan fingerprint density at radius 3 is 3.06 bits per heavy atom. The molecule has 7 heteroatoms. The fraction of sp³-hybridized carbons (Fsp3) is 0.545. The van der Waals surface area contributed by atoms with E-state index in [4.69, 9.17) is 15.7 Å². The van der Waals surface area contributed by atoms with Crippen molar-refractivity contribution in [3.8, 4) is 0 Å². The Labute approximate surface area is 105 Å². The molecule has 2 rings (SSSR count). The Bertz CT molecular complexity index is 420. The largest absolute Gasteiger partial charge is 0.409 e. The summed E-state index contributed by atoms with van der Waals surface area (Å²) < 4.78 is 5.57. The quantitative estimate of drug-likeness (QED) is 0.337. The lowest BCUT2D eigenvalue weighted by molar-refractivity contribution is 0.0820. The molecule has 1 aliphatic rings. The van der Waals surface area contributed by atoms with Gasteiger partial charge in [0.1, 0.15) is 11.5 Å². The Morgan fingerprint density at radius 1 is 1.56 bits per heavy atom. The number of aromatic nitrogens is 2. The van der Waals surface area contributed by atoms with Crippen LogP contribution in [0.2, 0.25) is 0 Å². The van der Waals surface area contributed by atoms with Crippen LogP contribution in [-0.4, -0.2) is 46.8 Å². The molecule has 1 aromatic rings. The highest BCUT2D eigenvalue weighted by Gasteiger charge is 2.16. The third kappa shape index (κ3) is 2.86. The van der Waals surface area contributed by atoms with Gasteiger partial charge in [-0.05, 0) is 13.3 Å². The molecule has 1 saturated heterocycles. The summed E-state index contributed by atoms with van der Waals surface area (Å²) >= 11 is 0. The molecule has 0 spiro atoms. The Hall–Kier alpha value is -1.89. The highest BCUT2D eigenvalue weighted by atomic mass is 16.5. The van der Waals surface area contributed by atoms with Gasteiger partial charge in [0.05, 0.1) is 18.5 Å². The SMILES string of the molecule is CC1CN(c2cnc(C(N)=NO)cn2)CCCO1. The summed E-state index contributed by atoms with van der Waals surface area (Å²) in [7, 11) is 0. The second kappa shape index (κ2) is 5.63. The van der Waals surface area contributed by atoms with E-state index < -0.39 is 0 Å². The molecule has 0 bridgehead atoms. The van der Waals surface area contributed by atoms with Crippen LogP contribution in [0.4, 0.5) is 5.82 Å². The Morgan fingerprint density at radius 2 is 2.39 bits per heavy atom. The van der Waals surface area contributed by atoms with Crippen LogP contribution >= 0.6 is 0 Å². The first-order valence-electron chi connectivity index (χ1n) is 5.87. The maximum absolute atomic E-state index is 8.55. The van der Waals surface area contributed by atoms with Gasteiger partial charge in [0.15, 0.2) is 5.84 Å². The molecule has 0 aliphatic carbocycles. The predicted molar refractivity (Wildman–Crippen MR) is 66.8 cm³/mol. The summed E-state index contributed by atoms with van der Waals surface area (Å²) in [5.41, 5.74) is 5.80. The molecule has 18 heavy (non-hydrogen) atoms. The van der Waals surface area contributed by atoms with Crippen LogP contribution in [0, 0.1) is 0 Å². The van der Waals surface area contributed by atoms with Gasteiger partial charge in [-0.3, -0.25) is 0 Å². The number of nitrogens with zero attached hydrogens (tertiary/aromatic N) is 4. The molecule has 1 aliphatic heterocycles. The first-order valence-corrected chi connectivity index (χ1v) is 5.87. The molecule has 1 fully saturated rings. The normalized spacial score (nSPS) is 21.7. The van der Waals surface area contributed by atoms with Crippen LogP contribution in [-0.2, 0) is 4.74 Å². The fourth-order valence-corrected chi connectivity index (χ4v) is 1.87. The van der Waals surface area contributed by atoms with Crippen molar-refractivity contribution in [2.24, 2.45) is 10.9 Å². The van der Waals surface area contributed by atoms with Gasteiger partial charge < -0.3 is 20.6 Å². The average Bonchev–Trinajstić information content (AvgIpc) is 2.63. The minimum absolute atomic E-state index is 0.0402. The zero-order valence-corrected chi connectivity index (χ0v) is 10.3. The van der Waals surface area contributed by atoms with E-state index in [1.807, 2.05) is 6.92 Å². The molecule has 98 valence electrons. The van der Waals surface area contributed by atoms with E-state index in [1.54, 1.807) is 6.20 Å². The number of rotatable bonds is 2. The van der Waals surface area contributed by atoms with Crippen molar-refractivity contribution in [3.63, 3.8) is 0 Å². The third-order valence-corrected chi connectivity index (χ3v) is 2.78. The van der Waals surface area contributed by atoms with Gasteiger partial charge in [-0.2, -0.15) is 0 Å². The van der Waals surface area contributed by atoms with Gasteiger partial charge in [0.2, 0.25) is 0 Å². The van der Waals surface area contributed by atoms with Gasteiger partial charge in [-0.15, -0.1) is 0 Å². The van der Waals surface area contributed by atoms with Gasteiger partial charge in [-0.1, -0.05) is 5.16 Å². The van der Waals surface area contributed by atoms with Crippen LogP contribution in [0.5, 0.6) is 0 Å². The van der Waals surface area contributed by atoms with Crippen molar-refractivity contribution >= 4 is 11.7 Å². The Kier molecular flexibility index (Phi) is 3.93. The lowest BCUT2D eigenvalue weighted by atomic mass is 10.3. The smallest absolute Gasteiger partial charge is 0.190 e. The van der Waals surface area contributed by atoms with Crippen molar-refractivity contribution in [1.82, 2.24) is 9.97 Å². The van der Waals surface area contributed by atoms with Crippen LogP contribution in [0.1, 0.15) is 19.0 Å². The first kappa shape index (κ1) is 12.6. The average molecular weight is 251 g/mol. The van der Waals surface area contributed by atoms with E-state index in [-0.39, 0.29) is 11.9 Å². The summed E-state index contributed by atoms with van der Waals surface area (Å²) in [5, 5.41) is 11.4. The van der Waals surface area contributed by atoms with Crippen molar-refractivity contribution in [2.45, 2.75) is 19.4 Å². The maximum Gasteiger partial charge on any atom is 0.190 e. The fourth-order valence-electron chi connectivity index (χ4n) is 1.87. The minimum atomic E-state index is -0.0402. The van der Waals surface area contributed by atoms with E-state index in [2.05, 4.69) is 20.0 Å². The van der Waals surface area contributed by atoms with Crippen molar-refractivity contribution in [3.05, 3.63) is 18.1 Å². The third-order valence-electron chi connectivity index (χ3n) is 2.78. The van der Waals surface area contributed by atoms with Gasteiger partial charge in [0, 0.05) is 19.7 Å². The van der Waals surface area contributed by atoms with Crippen LogP contribution in [0.3, 0.4) is 0 Å². The summed E-state index contributed by atoms with van der Waals surface area (Å²) in [4.78, 5) is 10.5. The number of anilines is 1. The molecule has 3 N–H and O–H groups in total. The number of hydrogen-bond acceptors (Lipinski definition) is 6. The molecular formula is C11H17N5O2. The lowest BCUT2D eigenvalue weighted by Crippen LogP contribution is -2.31. The van der Waals surface area contributed by atoms with E-state index in [0.717, 1.165) is 31.9 Å². The minimum Gasteiger partial charge on any atom is -0.409 e. The number of ether oxygens (including phenoxy) is 1. The monoisotopic (exact) mass is 251 g/mol. The predicted octanol–water partition coefficient (Wildman–Crippen LogP) is 0.186. The summed E-state index contributed by atoms with van der Waals surface area (Å²) in [5.74, 6) is 0.739. The van der Waals surface area contributed by atoms with E-state index in [1.165, 1.54) is 6.20 Å². The van der Waals surface area contributed by atoms with Crippen LogP contribution in [0.15, 0.2) is 17.5 Å². The molecule has 1 atom stereocenters. The second-order valence-corrected chi connectivity index (χ2v) is 4.23. The summed E-state index contributed by atoms with van der Waals surface area (Å²) in [6.07, 6.45) is 4.28. The van der Waals surface area contributed by atoms with Gasteiger partial charge >= 0.3 is 0 Å². The molecule has 7 nitrogen and oxygen atoms in total. The molecular weight excluding hydrogens is 234 g/mol. The number of amidine groups is 1. The summed E-state index contributed by atoms with van der Waals surface area (Å²) in [6.45, 7) is 4.49. The second-order valence-electron chi connectivity index (χ2n) is 4.23. The van der Waals surface area contributed by atoms with Crippen molar-refractivity contribution < 1.29 is 9.94 Å². The molecule has 1 unspecified atom stereocenters.